The zero-order valence-electron chi connectivity index (χ0n) is 9.79. The third kappa shape index (κ3) is 2.47. The molecule has 1 N–H and O–H groups in total. The van der Waals surface area contributed by atoms with Crippen LogP contribution < -0.4 is 0 Å². The van der Waals surface area contributed by atoms with Crippen LogP contribution in [0, 0.1) is 0 Å². The third-order valence-corrected chi connectivity index (χ3v) is 6.19. The summed E-state index contributed by atoms with van der Waals surface area (Å²) < 4.78 is 26.0. The van der Waals surface area contributed by atoms with Crippen LogP contribution in [0.4, 0.5) is 0 Å². The molecule has 0 aliphatic carbocycles. The van der Waals surface area contributed by atoms with E-state index >= 15 is 0 Å². The molecule has 0 atom stereocenters. The first-order valence-corrected chi connectivity index (χ1v) is 7.66. The van der Waals surface area contributed by atoms with Crippen molar-refractivity contribution in [1.82, 2.24) is 4.31 Å². The van der Waals surface area contributed by atoms with Gasteiger partial charge >= 0.3 is 5.97 Å². The van der Waals surface area contributed by atoms with Gasteiger partial charge in [0.2, 0.25) is 0 Å². The Bertz CT molecular complexity index is 600. The van der Waals surface area contributed by atoms with Gasteiger partial charge in [-0.1, -0.05) is 11.6 Å². The first-order valence-electron chi connectivity index (χ1n) is 5.40. The van der Waals surface area contributed by atoms with Crippen LogP contribution in [0.5, 0.6) is 0 Å². The number of nitrogens with zero attached hydrogens (tertiary/aromatic N) is 1. The lowest BCUT2D eigenvalue weighted by molar-refractivity contribution is 0.0702. The van der Waals surface area contributed by atoms with Gasteiger partial charge in [0, 0.05) is 13.1 Å². The molecule has 0 saturated carbocycles. The summed E-state index contributed by atoms with van der Waals surface area (Å²) in [6.07, 6.45) is 2.60. The van der Waals surface area contributed by atoms with Crippen LogP contribution in [0.15, 0.2) is 28.0 Å². The van der Waals surface area contributed by atoms with E-state index in [0.29, 0.717) is 13.1 Å². The molecule has 0 radical (unpaired) electrons. The number of hydrogen-bond acceptors (Lipinski definition) is 4. The Hall–Kier alpha value is -1.18. The minimum atomic E-state index is -3.55. The van der Waals surface area contributed by atoms with E-state index in [1.165, 1.54) is 22.0 Å². The Balaban J connectivity index is 2.28. The van der Waals surface area contributed by atoms with E-state index in [0.717, 1.165) is 17.8 Å². The Kier molecular flexibility index (Phi) is 3.56. The zero-order valence-corrected chi connectivity index (χ0v) is 11.4. The van der Waals surface area contributed by atoms with Crippen LogP contribution in [-0.2, 0) is 10.0 Å². The second-order valence-corrected chi connectivity index (χ2v) is 7.34. The van der Waals surface area contributed by atoms with Crippen LogP contribution >= 0.6 is 11.3 Å². The zero-order chi connectivity index (χ0) is 13.3. The van der Waals surface area contributed by atoms with Crippen molar-refractivity contribution in [3.63, 3.8) is 0 Å². The van der Waals surface area contributed by atoms with Gasteiger partial charge < -0.3 is 5.11 Å². The quantitative estimate of drug-likeness (QED) is 0.860. The molecule has 1 aromatic heterocycles. The number of hydrogen-bond donors (Lipinski definition) is 1. The Morgan fingerprint density at radius 1 is 1.44 bits per heavy atom. The number of sulfonamides is 1. The van der Waals surface area contributed by atoms with Crippen molar-refractivity contribution < 1.29 is 18.3 Å². The molecule has 0 bridgehead atoms. The molecule has 5 nitrogen and oxygen atoms in total. The Morgan fingerprint density at radius 3 is 2.67 bits per heavy atom. The van der Waals surface area contributed by atoms with Crippen molar-refractivity contribution in [2.75, 3.05) is 13.1 Å². The molecule has 1 aromatic rings. The lowest BCUT2D eigenvalue weighted by Crippen LogP contribution is -2.34. The third-order valence-electron chi connectivity index (χ3n) is 2.79. The molecule has 1 aliphatic heterocycles. The molecule has 0 fully saturated rings. The van der Waals surface area contributed by atoms with Gasteiger partial charge in [-0.2, -0.15) is 4.31 Å². The van der Waals surface area contributed by atoms with Gasteiger partial charge in [0.1, 0.15) is 9.09 Å². The van der Waals surface area contributed by atoms with Crippen LogP contribution in [0.2, 0.25) is 0 Å². The van der Waals surface area contributed by atoms with E-state index < -0.39 is 16.0 Å². The van der Waals surface area contributed by atoms with Crippen molar-refractivity contribution in [2.24, 2.45) is 0 Å². The minimum Gasteiger partial charge on any atom is -0.477 e. The van der Waals surface area contributed by atoms with E-state index in [1.54, 1.807) is 0 Å². The van der Waals surface area contributed by atoms with Crippen molar-refractivity contribution in [3.8, 4) is 0 Å². The van der Waals surface area contributed by atoms with E-state index in [4.69, 9.17) is 5.11 Å². The first kappa shape index (κ1) is 13.3. The van der Waals surface area contributed by atoms with Gasteiger partial charge in [-0.05, 0) is 25.5 Å². The van der Waals surface area contributed by atoms with E-state index in [2.05, 4.69) is 0 Å². The second kappa shape index (κ2) is 4.83. The summed E-state index contributed by atoms with van der Waals surface area (Å²) in [5, 5.41) is 8.80. The maximum Gasteiger partial charge on any atom is 0.345 e. The van der Waals surface area contributed by atoms with Gasteiger partial charge in [0.05, 0.1) is 0 Å². The highest BCUT2D eigenvalue weighted by Gasteiger charge is 2.27. The highest BCUT2D eigenvalue weighted by atomic mass is 32.2. The summed E-state index contributed by atoms with van der Waals surface area (Å²) in [4.78, 5) is 10.8. The number of rotatable bonds is 3. The second-order valence-electron chi connectivity index (χ2n) is 4.09. The van der Waals surface area contributed by atoms with Crippen molar-refractivity contribution in [3.05, 3.63) is 28.7 Å². The fourth-order valence-electron chi connectivity index (χ4n) is 1.67. The normalized spacial score (nSPS) is 17.5. The van der Waals surface area contributed by atoms with Crippen LogP contribution in [0.3, 0.4) is 0 Å². The molecule has 0 spiro atoms. The maximum absolute atomic E-state index is 12.2. The summed E-state index contributed by atoms with van der Waals surface area (Å²) in [5.41, 5.74) is 1.18. The molecule has 0 saturated heterocycles. The summed E-state index contributed by atoms with van der Waals surface area (Å²) in [6.45, 7) is 2.77. The average molecular weight is 287 g/mol. The lowest BCUT2D eigenvalue weighted by Gasteiger charge is -2.23. The molecule has 18 heavy (non-hydrogen) atoms. The van der Waals surface area contributed by atoms with Crippen molar-refractivity contribution in [2.45, 2.75) is 17.6 Å². The highest BCUT2D eigenvalue weighted by Crippen LogP contribution is 2.26. The van der Waals surface area contributed by atoms with Crippen LogP contribution in [0.25, 0.3) is 0 Å². The lowest BCUT2D eigenvalue weighted by atomic mass is 10.1. The van der Waals surface area contributed by atoms with Gasteiger partial charge in [0.25, 0.3) is 10.0 Å². The number of thiophene rings is 1. The van der Waals surface area contributed by atoms with E-state index in [9.17, 15) is 13.2 Å². The van der Waals surface area contributed by atoms with E-state index in [1.807, 2.05) is 13.0 Å². The predicted molar refractivity (Wildman–Crippen MR) is 68.4 cm³/mol. The SMILES string of the molecule is CC1=CCN(S(=O)(=O)c2ccc(C(=O)O)s2)CC1. The summed E-state index contributed by atoms with van der Waals surface area (Å²) in [6, 6.07) is 2.68. The molecule has 7 heteroatoms. The fourth-order valence-corrected chi connectivity index (χ4v) is 4.35. The van der Waals surface area contributed by atoms with Gasteiger partial charge in [-0.15, -0.1) is 11.3 Å². The number of carbonyl (C=O) groups is 1. The molecule has 98 valence electrons. The predicted octanol–water partition coefficient (Wildman–Crippen LogP) is 1.79. The molecule has 2 rings (SSSR count). The minimum absolute atomic E-state index is 0.0392. The fraction of sp³-hybridized carbons (Fsp3) is 0.364. The topological polar surface area (TPSA) is 74.7 Å². The van der Waals surface area contributed by atoms with E-state index in [-0.39, 0.29) is 9.09 Å². The smallest absolute Gasteiger partial charge is 0.345 e. The van der Waals surface area contributed by atoms with Gasteiger partial charge in [-0.3, -0.25) is 0 Å². The number of carboxylic acids is 1. The molecule has 1 aliphatic rings. The molecule has 0 aromatic carbocycles. The molecule has 0 amide bonds. The Labute approximate surface area is 109 Å². The summed E-state index contributed by atoms with van der Waals surface area (Å²) in [5.74, 6) is -1.10. The van der Waals surface area contributed by atoms with Gasteiger partial charge in [-0.25, -0.2) is 13.2 Å². The average Bonchev–Trinajstić information content (AvgIpc) is 2.79. The summed E-state index contributed by atoms with van der Waals surface area (Å²) >= 11 is 0.793. The van der Waals surface area contributed by atoms with Crippen molar-refractivity contribution in [1.29, 1.82) is 0 Å². The number of aromatic carboxylic acids is 1. The Morgan fingerprint density at radius 2 is 2.17 bits per heavy atom. The number of carboxylic acid groups (broad SMARTS) is 1. The summed E-state index contributed by atoms with van der Waals surface area (Å²) in [7, 11) is -3.55. The first-order chi connectivity index (χ1) is 8.41. The standard InChI is InChI=1S/C11H13NO4S2/c1-8-4-6-12(7-5-8)18(15,16)10-3-2-9(17-10)11(13)14/h2-4H,5-7H2,1H3,(H,13,14). The highest BCUT2D eigenvalue weighted by molar-refractivity contribution is 7.91. The molecule has 0 unspecified atom stereocenters. The maximum atomic E-state index is 12.2. The largest absolute Gasteiger partial charge is 0.477 e. The van der Waals surface area contributed by atoms with Crippen LogP contribution in [0.1, 0.15) is 23.0 Å². The molecule has 2 heterocycles. The van der Waals surface area contributed by atoms with Crippen LogP contribution in [-0.4, -0.2) is 36.9 Å². The van der Waals surface area contributed by atoms with Crippen molar-refractivity contribution >= 4 is 27.3 Å². The monoisotopic (exact) mass is 287 g/mol. The van der Waals surface area contributed by atoms with Gasteiger partial charge in [0.15, 0.2) is 0 Å². The molecular formula is C11H13NO4S2. The molecular weight excluding hydrogens is 274 g/mol.